The van der Waals surface area contributed by atoms with Crippen LogP contribution < -0.4 is 20.7 Å². The number of piperidine rings is 1. The molecule has 3 rings (SSSR count). The highest BCUT2D eigenvalue weighted by Gasteiger charge is 2.28. The van der Waals surface area contributed by atoms with Gasteiger partial charge in [0.15, 0.2) is 0 Å². The molecule has 2 aliphatic rings. The normalized spacial score (nSPS) is 19.6. The summed E-state index contributed by atoms with van der Waals surface area (Å²) in [4.78, 5) is 19.6. The zero-order valence-electron chi connectivity index (χ0n) is 19.0. The Balaban J connectivity index is 1.68. The van der Waals surface area contributed by atoms with Gasteiger partial charge in [-0.1, -0.05) is 0 Å². The van der Waals surface area contributed by atoms with Gasteiger partial charge in [-0.2, -0.15) is 0 Å². The van der Waals surface area contributed by atoms with Gasteiger partial charge in [-0.3, -0.25) is 10.2 Å². The molecule has 0 unspecified atom stereocenters. The van der Waals surface area contributed by atoms with E-state index in [-0.39, 0.29) is 0 Å². The molecule has 2 fully saturated rings. The molecule has 3 N–H and O–H groups in total. The molecule has 0 spiro atoms. The highest BCUT2D eigenvalue weighted by atomic mass is 16.6. The first-order valence-electron chi connectivity index (χ1n) is 10.8. The number of benzene rings is 1. The minimum atomic E-state index is -0.570. The summed E-state index contributed by atoms with van der Waals surface area (Å²) in [5.41, 5.74) is 7.54. The maximum absolute atomic E-state index is 12.2. The van der Waals surface area contributed by atoms with Crippen LogP contribution in [-0.2, 0) is 4.74 Å². The van der Waals surface area contributed by atoms with Crippen LogP contribution in [0.15, 0.2) is 12.1 Å². The second-order valence-corrected chi connectivity index (χ2v) is 9.30. The lowest BCUT2D eigenvalue weighted by molar-refractivity contribution is 0.0636. The Morgan fingerprint density at radius 2 is 1.73 bits per heavy atom. The van der Waals surface area contributed by atoms with Crippen LogP contribution in [-0.4, -0.2) is 81.0 Å². The number of carbonyl (C=O) groups excluding carboxylic acids is 1. The molecule has 0 radical (unpaired) electrons. The number of nitrogens with one attached hydrogen (secondary N) is 1. The zero-order valence-corrected chi connectivity index (χ0v) is 19.0. The van der Waals surface area contributed by atoms with Crippen LogP contribution in [0.25, 0.3) is 0 Å². The fraction of sp³-hybridized carbons (Fsp3) is 0.682. The van der Waals surface area contributed by atoms with Crippen molar-refractivity contribution in [3.8, 4) is 5.75 Å². The Morgan fingerprint density at radius 3 is 2.30 bits per heavy atom. The average Bonchev–Trinajstić information content (AvgIpc) is 2.68. The van der Waals surface area contributed by atoms with E-state index in [1.165, 1.54) is 0 Å². The van der Waals surface area contributed by atoms with E-state index in [2.05, 4.69) is 27.1 Å². The molecule has 2 heterocycles. The van der Waals surface area contributed by atoms with Gasteiger partial charge in [0.05, 0.1) is 24.2 Å². The number of rotatable bonds is 4. The van der Waals surface area contributed by atoms with E-state index in [0.717, 1.165) is 63.5 Å². The summed E-state index contributed by atoms with van der Waals surface area (Å²) in [5, 5.41) is 2.78. The van der Waals surface area contributed by atoms with E-state index in [0.29, 0.717) is 17.4 Å². The lowest BCUT2D eigenvalue weighted by Crippen LogP contribution is -2.52. The Bertz CT molecular complexity index is 733. The summed E-state index contributed by atoms with van der Waals surface area (Å²) in [6, 6.07) is 4.30. The molecule has 8 heteroatoms. The molecule has 1 aromatic carbocycles. The number of anilines is 3. The summed E-state index contributed by atoms with van der Waals surface area (Å²) >= 11 is 0. The minimum absolute atomic E-state index is 0.453. The van der Waals surface area contributed by atoms with Crippen molar-refractivity contribution < 1.29 is 14.3 Å². The molecule has 168 valence electrons. The first-order chi connectivity index (χ1) is 14.2. The molecule has 2 saturated heterocycles. The lowest BCUT2D eigenvalue weighted by Gasteiger charge is -2.42. The summed E-state index contributed by atoms with van der Waals surface area (Å²) in [6.07, 6.45) is 1.72. The summed E-state index contributed by atoms with van der Waals surface area (Å²) in [6.45, 7) is 12.0. The largest absolute Gasteiger partial charge is 0.495 e. The Hall–Kier alpha value is -2.19. The van der Waals surface area contributed by atoms with E-state index in [4.69, 9.17) is 15.2 Å². The highest BCUT2D eigenvalue weighted by Crippen LogP contribution is 2.37. The third-order valence-electron chi connectivity index (χ3n) is 5.85. The monoisotopic (exact) mass is 419 g/mol. The first-order valence-corrected chi connectivity index (χ1v) is 10.8. The fourth-order valence-corrected chi connectivity index (χ4v) is 4.18. The van der Waals surface area contributed by atoms with Crippen LogP contribution in [0.5, 0.6) is 5.75 Å². The molecule has 30 heavy (non-hydrogen) atoms. The molecule has 0 aliphatic carbocycles. The molecule has 0 saturated carbocycles. The van der Waals surface area contributed by atoms with Crippen LogP contribution in [0.3, 0.4) is 0 Å². The minimum Gasteiger partial charge on any atom is -0.495 e. The van der Waals surface area contributed by atoms with Gasteiger partial charge in [-0.15, -0.1) is 0 Å². The predicted molar refractivity (Wildman–Crippen MR) is 122 cm³/mol. The van der Waals surface area contributed by atoms with Gasteiger partial charge in [0.1, 0.15) is 11.4 Å². The number of amides is 1. The van der Waals surface area contributed by atoms with Gasteiger partial charge in [0.25, 0.3) is 0 Å². The van der Waals surface area contributed by atoms with Gasteiger partial charge in [0.2, 0.25) is 0 Å². The second-order valence-electron chi connectivity index (χ2n) is 9.30. The van der Waals surface area contributed by atoms with Crippen molar-refractivity contribution in [1.82, 2.24) is 9.80 Å². The van der Waals surface area contributed by atoms with E-state index < -0.39 is 11.7 Å². The zero-order chi connectivity index (χ0) is 21.9. The van der Waals surface area contributed by atoms with E-state index in [9.17, 15) is 4.79 Å². The smallest absolute Gasteiger partial charge is 0.412 e. The topological polar surface area (TPSA) is 83.3 Å². The molecule has 0 aromatic heterocycles. The van der Waals surface area contributed by atoms with Crippen molar-refractivity contribution in [2.45, 2.75) is 45.3 Å². The molecule has 0 bridgehead atoms. The van der Waals surface area contributed by atoms with Crippen LogP contribution in [0, 0.1) is 0 Å². The number of hydrogen-bond donors (Lipinski definition) is 2. The Kier molecular flexibility index (Phi) is 6.98. The third kappa shape index (κ3) is 5.70. The third-order valence-corrected chi connectivity index (χ3v) is 5.85. The lowest BCUT2D eigenvalue weighted by atomic mass is 10.0. The van der Waals surface area contributed by atoms with E-state index >= 15 is 0 Å². The number of nitrogens with zero attached hydrogens (tertiary/aromatic N) is 3. The van der Waals surface area contributed by atoms with Gasteiger partial charge in [0, 0.05) is 51.4 Å². The highest BCUT2D eigenvalue weighted by molar-refractivity contribution is 5.91. The van der Waals surface area contributed by atoms with Crippen LogP contribution >= 0.6 is 0 Å². The van der Waals surface area contributed by atoms with Crippen LogP contribution in [0.4, 0.5) is 21.9 Å². The van der Waals surface area contributed by atoms with Crippen LogP contribution in [0.1, 0.15) is 33.6 Å². The number of likely N-dealkylation sites (N-methyl/N-ethyl adjacent to an activating group) is 1. The first kappa shape index (κ1) is 22.5. The SMILES string of the molecule is COc1cc(N)c(NC(=O)OC(C)(C)C)cc1N1CCC(N2CCN(C)CC2)CC1. The molecule has 0 atom stereocenters. The molecule has 8 nitrogen and oxygen atoms in total. The maximum Gasteiger partial charge on any atom is 0.412 e. The van der Waals surface area contributed by atoms with Crippen LogP contribution in [0.2, 0.25) is 0 Å². The number of methoxy groups -OCH3 is 1. The van der Waals surface area contributed by atoms with Crippen molar-refractivity contribution in [1.29, 1.82) is 0 Å². The van der Waals surface area contributed by atoms with E-state index in [1.807, 2.05) is 26.8 Å². The van der Waals surface area contributed by atoms with Crippen molar-refractivity contribution in [2.24, 2.45) is 0 Å². The summed E-state index contributed by atoms with van der Waals surface area (Å²) < 4.78 is 11.0. The molecular formula is C22H37N5O3. The number of carbonyl (C=O) groups is 1. The van der Waals surface area contributed by atoms with Gasteiger partial charge in [-0.25, -0.2) is 4.79 Å². The number of nitrogen functional groups attached to an aromatic ring is 1. The molecule has 2 aliphatic heterocycles. The second kappa shape index (κ2) is 9.31. The molecule has 1 amide bonds. The average molecular weight is 420 g/mol. The fourth-order valence-electron chi connectivity index (χ4n) is 4.18. The summed E-state index contributed by atoms with van der Waals surface area (Å²) in [7, 11) is 3.84. The number of ether oxygens (including phenoxy) is 2. The standard InChI is InChI=1S/C22H37N5O3/c1-22(2,3)30-21(28)24-18-15-19(20(29-5)14-17(18)23)27-8-6-16(7-9-27)26-12-10-25(4)11-13-26/h14-16H,6-13,23H2,1-5H3,(H,24,28). The maximum atomic E-state index is 12.2. The summed E-state index contributed by atoms with van der Waals surface area (Å²) in [5.74, 6) is 0.722. The molecular weight excluding hydrogens is 382 g/mol. The van der Waals surface area contributed by atoms with Gasteiger partial charge >= 0.3 is 6.09 Å². The van der Waals surface area contributed by atoms with Crippen molar-refractivity contribution in [3.05, 3.63) is 12.1 Å². The Labute approximate surface area is 180 Å². The number of nitrogens with two attached hydrogens (primary N) is 1. The Morgan fingerprint density at radius 1 is 1.10 bits per heavy atom. The number of hydrogen-bond acceptors (Lipinski definition) is 7. The number of piperazine rings is 1. The predicted octanol–water partition coefficient (Wildman–Crippen LogP) is 2.84. The van der Waals surface area contributed by atoms with Gasteiger partial charge in [-0.05, 0) is 46.7 Å². The van der Waals surface area contributed by atoms with Crippen molar-refractivity contribution in [3.63, 3.8) is 0 Å². The van der Waals surface area contributed by atoms with Crippen molar-refractivity contribution in [2.75, 3.05) is 69.4 Å². The molecule has 1 aromatic rings. The van der Waals surface area contributed by atoms with E-state index in [1.54, 1.807) is 13.2 Å². The van der Waals surface area contributed by atoms with Crippen molar-refractivity contribution >= 4 is 23.2 Å². The van der Waals surface area contributed by atoms with Gasteiger partial charge < -0.3 is 25.0 Å². The quantitative estimate of drug-likeness (QED) is 0.726.